The van der Waals surface area contributed by atoms with E-state index >= 15 is 0 Å². The van der Waals surface area contributed by atoms with Gasteiger partial charge in [0.2, 0.25) is 0 Å². The quantitative estimate of drug-likeness (QED) is 0.692. The maximum absolute atomic E-state index is 5.84. The van der Waals surface area contributed by atoms with Crippen LogP contribution in [0.15, 0.2) is 0 Å². The van der Waals surface area contributed by atoms with Crippen molar-refractivity contribution >= 4 is 24.8 Å². The fraction of sp³-hybridized carbons (Fsp3) is 1.00. The highest BCUT2D eigenvalue weighted by Crippen LogP contribution is 2.20. The van der Waals surface area contributed by atoms with Crippen molar-refractivity contribution in [1.82, 2.24) is 4.90 Å². The molecule has 0 aliphatic heterocycles. The first kappa shape index (κ1) is 14.0. The summed E-state index contributed by atoms with van der Waals surface area (Å²) in [6, 6.07) is 1.07. The van der Waals surface area contributed by atoms with Crippen LogP contribution in [0.3, 0.4) is 0 Å². The Hall–Kier alpha value is 0.500. The monoisotopic (exact) mass is 200 g/mol. The SMILES string of the molecule is CN(C)[C@H]1CCC[C@@H]1N.Cl.Cl. The van der Waals surface area contributed by atoms with Gasteiger partial charge in [-0.1, -0.05) is 6.42 Å². The molecule has 0 heterocycles. The fourth-order valence-corrected chi connectivity index (χ4v) is 1.61. The Kier molecular flexibility index (Phi) is 7.75. The zero-order chi connectivity index (χ0) is 6.85. The second kappa shape index (κ2) is 6.06. The van der Waals surface area contributed by atoms with Crippen molar-refractivity contribution < 1.29 is 0 Å². The summed E-state index contributed by atoms with van der Waals surface area (Å²) in [7, 11) is 4.21. The first-order valence-corrected chi connectivity index (χ1v) is 3.64. The van der Waals surface area contributed by atoms with E-state index in [9.17, 15) is 0 Å². The molecule has 0 radical (unpaired) electrons. The van der Waals surface area contributed by atoms with Crippen molar-refractivity contribution in [3.8, 4) is 0 Å². The molecule has 0 unspecified atom stereocenters. The molecule has 1 fully saturated rings. The molecule has 0 bridgehead atoms. The van der Waals surface area contributed by atoms with Gasteiger partial charge in [-0.05, 0) is 26.9 Å². The van der Waals surface area contributed by atoms with Crippen molar-refractivity contribution in [2.24, 2.45) is 5.73 Å². The average Bonchev–Trinajstić information content (AvgIpc) is 2.13. The number of nitrogens with two attached hydrogens (primary N) is 1. The molecule has 0 aromatic carbocycles. The highest BCUT2D eigenvalue weighted by Gasteiger charge is 2.24. The number of nitrogens with zero attached hydrogens (tertiary/aromatic N) is 1. The second-order valence-electron chi connectivity index (χ2n) is 3.13. The van der Waals surface area contributed by atoms with Crippen LogP contribution in [-0.4, -0.2) is 31.1 Å². The lowest BCUT2D eigenvalue weighted by molar-refractivity contribution is 0.277. The molecule has 0 amide bonds. The van der Waals surface area contributed by atoms with Crippen LogP contribution in [0.1, 0.15) is 19.3 Å². The summed E-state index contributed by atoms with van der Waals surface area (Å²) in [6.07, 6.45) is 3.81. The lowest BCUT2D eigenvalue weighted by Crippen LogP contribution is -2.39. The van der Waals surface area contributed by atoms with Crippen LogP contribution in [0.25, 0.3) is 0 Å². The predicted molar refractivity (Wildman–Crippen MR) is 53.8 cm³/mol. The lowest BCUT2D eigenvalue weighted by atomic mass is 10.2. The minimum atomic E-state index is 0. The number of halogens is 2. The number of rotatable bonds is 1. The molecule has 0 aromatic rings. The van der Waals surface area contributed by atoms with Crippen LogP contribution in [0.2, 0.25) is 0 Å². The molecule has 0 aromatic heterocycles. The van der Waals surface area contributed by atoms with Crippen molar-refractivity contribution in [3.05, 3.63) is 0 Å². The third-order valence-corrected chi connectivity index (χ3v) is 2.19. The first-order chi connectivity index (χ1) is 4.22. The molecule has 11 heavy (non-hydrogen) atoms. The fourth-order valence-electron chi connectivity index (χ4n) is 1.61. The Morgan fingerprint density at radius 3 is 1.91 bits per heavy atom. The Bertz CT molecular complexity index is 98.4. The Labute approximate surface area is 81.3 Å². The normalized spacial score (nSPS) is 29.5. The van der Waals surface area contributed by atoms with E-state index in [2.05, 4.69) is 19.0 Å². The molecule has 1 aliphatic rings. The van der Waals surface area contributed by atoms with E-state index in [1.54, 1.807) is 0 Å². The average molecular weight is 201 g/mol. The predicted octanol–water partition coefficient (Wildman–Crippen LogP) is 1.27. The topological polar surface area (TPSA) is 29.3 Å². The standard InChI is InChI=1S/C7H16N2.2ClH/c1-9(2)7-5-3-4-6(7)8;;/h6-7H,3-5,8H2,1-2H3;2*1H/t6-,7-;;/m0../s1. The van der Waals surface area contributed by atoms with E-state index < -0.39 is 0 Å². The van der Waals surface area contributed by atoms with Crippen molar-refractivity contribution in [3.63, 3.8) is 0 Å². The van der Waals surface area contributed by atoms with E-state index in [1.807, 2.05) is 0 Å². The highest BCUT2D eigenvalue weighted by molar-refractivity contribution is 5.85. The summed E-state index contributed by atoms with van der Waals surface area (Å²) in [6.45, 7) is 0. The zero-order valence-corrected chi connectivity index (χ0v) is 8.75. The molecule has 1 rings (SSSR count). The van der Waals surface area contributed by atoms with Gasteiger partial charge in [0.25, 0.3) is 0 Å². The van der Waals surface area contributed by atoms with Gasteiger partial charge in [-0.2, -0.15) is 0 Å². The van der Waals surface area contributed by atoms with Crippen LogP contribution in [0.5, 0.6) is 0 Å². The Morgan fingerprint density at radius 1 is 1.18 bits per heavy atom. The molecule has 0 saturated heterocycles. The van der Waals surface area contributed by atoms with Crippen LogP contribution >= 0.6 is 24.8 Å². The van der Waals surface area contributed by atoms with E-state index in [0.717, 1.165) is 0 Å². The molecule has 2 nitrogen and oxygen atoms in total. The van der Waals surface area contributed by atoms with Gasteiger partial charge in [-0.3, -0.25) is 0 Å². The van der Waals surface area contributed by atoms with Crippen LogP contribution in [-0.2, 0) is 0 Å². The maximum atomic E-state index is 5.84. The molecule has 2 atom stereocenters. The minimum absolute atomic E-state index is 0. The largest absolute Gasteiger partial charge is 0.326 e. The molecular weight excluding hydrogens is 183 g/mol. The van der Waals surface area contributed by atoms with Gasteiger partial charge in [-0.25, -0.2) is 0 Å². The summed E-state index contributed by atoms with van der Waals surface area (Å²) >= 11 is 0. The van der Waals surface area contributed by atoms with Gasteiger partial charge in [0, 0.05) is 12.1 Å². The van der Waals surface area contributed by atoms with E-state index in [-0.39, 0.29) is 24.8 Å². The first-order valence-electron chi connectivity index (χ1n) is 3.64. The molecule has 1 aliphatic carbocycles. The number of likely N-dealkylation sites (N-methyl/N-ethyl adjacent to an activating group) is 1. The van der Waals surface area contributed by atoms with Crippen molar-refractivity contribution in [2.45, 2.75) is 31.3 Å². The molecule has 4 heteroatoms. The maximum Gasteiger partial charge on any atom is 0.0241 e. The number of hydrogen-bond donors (Lipinski definition) is 1. The van der Waals surface area contributed by atoms with E-state index in [1.165, 1.54) is 19.3 Å². The second-order valence-corrected chi connectivity index (χ2v) is 3.13. The van der Waals surface area contributed by atoms with Gasteiger partial charge < -0.3 is 10.6 Å². The summed E-state index contributed by atoms with van der Waals surface area (Å²) < 4.78 is 0. The molecule has 70 valence electrons. The Balaban J connectivity index is 0. The van der Waals surface area contributed by atoms with Gasteiger partial charge in [0.05, 0.1) is 0 Å². The molecule has 2 N–H and O–H groups in total. The molecule has 0 spiro atoms. The van der Waals surface area contributed by atoms with Crippen molar-refractivity contribution in [2.75, 3.05) is 14.1 Å². The highest BCUT2D eigenvalue weighted by atomic mass is 35.5. The summed E-state index contributed by atoms with van der Waals surface area (Å²) in [4.78, 5) is 2.23. The van der Waals surface area contributed by atoms with Crippen LogP contribution in [0.4, 0.5) is 0 Å². The molecular formula is C7H18Cl2N2. The van der Waals surface area contributed by atoms with Gasteiger partial charge in [-0.15, -0.1) is 24.8 Å². The summed E-state index contributed by atoms with van der Waals surface area (Å²) in [5, 5.41) is 0. The van der Waals surface area contributed by atoms with Crippen molar-refractivity contribution in [1.29, 1.82) is 0 Å². The third kappa shape index (κ3) is 3.61. The van der Waals surface area contributed by atoms with Gasteiger partial charge in [0.1, 0.15) is 0 Å². The zero-order valence-electron chi connectivity index (χ0n) is 7.12. The smallest absolute Gasteiger partial charge is 0.0241 e. The third-order valence-electron chi connectivity index (χ3n) is 2.19. The van der Waals surface area contributed by atoms with Crippen LogP contribution in [0, 0.1) is 0 Å². The lowest BCUT2D eigenvalue weighted by Gasteiger charge is -2.22. The Morgan fingerprint density at radius 2 is 1.73 bits per heavy atom. The van der Waals surface area contributed by atoms with Crippen LogP contribution < -0.4 is 5.73 Å². The van der Waals surface area contributed by atoms with E-state index in [0.29, 0.717) is 12.1 Å². The van der Waals surface area contributed by atoms with E-state index in [4.69, 9.17) is 5.73 Å². The number of hydrogen-bond acceptors (Lipinski definition) is 2. The summed E-state index contributed by atoms with van der Waals surface area (Å²) in [5.41, 5.74) is 5.84. The molecule has 1 saturated carbocycles. The summed E-state index contributed by atoms with van der Waals surface area (Å²) in [5.74, 6) is 0. The van der Waals surface area contributed by atoms with Gasteiger partial charge >= 0.3 is 0 Å². The van der Waals surface area contributed by atoms with Gasteiger partial charge in [0.15, 0.2) is 0 Å². The minimum Gasteiger partial charge on any atom is -0.326 e.